The van der Waals surface area contributed by atoms with Crippen LogP contribution in [-0.4, -0.2) is 58.9 Å². The van der Waals surface area contributed by atoms with Gasteiger partial charge in [0.25, 0.3) is 0 Å². The van der Waals surface area contributed by atoms with Crippen LogP contribution in [0.5, 0.6) is 0 Å². The molecular weight excluding hydrogens is 378 g/mol. The zero-order valence-corrected chi connectivity index (χ0v) is 14.2. The second-order valence-corrected chi connectivity index (χ2v) is 6.10. The van der Waals surface area contributed by atoms with E-state index in [0.29, 0.717) is 13.8 Å². The Bertz CT molecular complexity index is 453. The molecule has 0 aliphatic carbocycles. The van der Waals surface area contributed by atoms with Crippen LogP contribution >= 0.6 is 0 Å². The highest BCUT2D eigenvalue weighted by molar-refractivity contribution is 5.94. The molecule has 0 aromatic rings. The molecule has 0 aromatic carbocycles. The van der Waals surface area contributed by atoms with Gasteiger partial charge in [0.2, 0.25) is 0 Å². The second-order valence-electron chi connectivity index (χ2n) is 6.10. The van der Waals surface area contributed by atoms with Gasteiger partial charge in [-0.3, -0.25) is 9.59 Å². The fourth-order valence-corrected chi connectivity index (χ4v) is 1.33. The third kappa shape index (κ3) is 6.98. The number of hydrogen-bond acceptors (Lipinski definition) is 6. The Morgan fingerprint density at radius 2 is 1.08 bits per heavy atom. The van der Waals surface area contributed by atoms with Crippen molar-refractivity contribution in [2.45, 2.75) is 57.2 Å². The van der Waals surface area contributed by atoms with Gasteiger partial charge in [0, 0.05) is 12.8 Å². The molecule has 0 bridgehead atoms. The smallest absolute Gasteiger partial charge is 0.417 e. The van der Waals surface area contributed by atoms with Crippen LogP contribution in [0.25, 0.3) is 0 Å². The lowest BCUT2D eigenvalue weighted by molar-refractivity contribution is -0.257. The number of rotatable bonds is 8. The quantitative estimate of drug-likeness (QED) is 0.370. The molecule has 12 heteroatoms. The minimum absolute atomic E-state index is 0.477. The summed E-state index contributed by atoms with van der Waals surface area (Å²) in [5.41, 5.74) is -6.19. The fourth-order valence-electron chi connectivity index (χ4n) is 1.33. The van der Waals surface area contributed by atoms with Crippen molar-refractivity contribution in [2.75, 3.05) is 13.2 Å². The Morgan fingerprint density at radius 1 is 0.808 bits per heavy atom. The van der Waals surface area contributed by atoms with E-state index in [2.05, 4.69) is 9.47 Å². The Hall–Kier alpha value is -1.56. The van der Waals surface area contributed by atoms with Crippen LogP contribution in [0.1, 0.15) is 33.6 Å². The van der Waals surface area contributed by atoms with Gasteiger partial charge >= 0.3 is 24.3 Å². The molecule has 6 nitrogen and oxygen atoms in total. The zero-order valence-electron chi connectivity index (χ0n) is 14.2. The monoisotopic (exact) mass is 398 g/mol. The Labute approximate surface area is 145 Å². The van der Waals surface area contributed by atoms with Crippen LogP contribution in [0.2, 0.25) is 0 Å². The van der Waals surface area contributed by atoms with Crippen molar-refractivity contribution in [3.63, 3.8) is 0 Å². The topological polar surface area (TPSA) is 93.1 Å². The van der Waals surface area contributed by atoms with E-state index in [0.717, 1.165) is 6.92 Å². The van der Waals surface area contributed by atoms with Gasteiger partial charge in [-0.2, -0.15) is 26.3 Å². The van der Waals surface area contributed by atoms with Gasteiger partial charge in [0.05, 0.1) is 13.2 Å². The zero-order chi connectivity index (χ0) is 21.0. The summed E-state index contributed by atoms with van der Waals surface area (Å²) in [5, 5.41) is 18.3. The lowest BCUT2D eigenvalue weighted by atomic mass is 10.0. The van der Waals surface area contributed by atoms with E-state index in [1.165, 1.54) is 0 Å². The first kappa shape index (κ1) is 24.4. The summed E-state index contributed by atoms with van der Waals surface area (Å²) in [4.78, 5) is 23.0. The van der Waals surface area contributed by atoms with E-state index in [1.807, 2.05) is 0 Å². The predicted molar refractivity (Wildman–Crippen MR) is 73.7 cm³/mol. The summed E-state index contributed by atoms with van der Waals surface area (Å²) in [5.74, 6) is -4.15. The standard InChI is InChI=1S/C14H20F6O6/c1-8(9(21)25-6-4-11(2,23)13(15,16)17)10(22)26-7-5-12(3,24)14(18,19)20/h8,23-24H,4-7H2,1-3H3. The maximum absolute atomic E-state index is 12.4. The summed E-state index contributed by atoms with van der Waals surface area (Å²) < 4.78 is 83.3. The molecule has 0 rings (SSSR count). The molecule has 0 spiro atoms. The highest BCUT2D eigenvalue weighted by Gasteiger charge is 2.50. The number of alkyl halides is 6. The van der Waals surface area contributed by atoms with Crippen LogP contribution in [0.4, 0.5) is 26.3 Å². The maximum Gasteiger partial charge on any atom is 0.417 e. The lowest BCUT2D eigenvalue weighted by Gasteiger charge is -2.26. The first-order valence-corrected chi connectivity index (χ1v) is 7.34. The van der Waals surface area contributed by atoms with Crippen LogP contribution < -0.4 is 0 Å². The van der Waals surface area contributed by atoms with Crippen molar-refractivity contribution < 1.29 is 55.6 Å². The molecule has 0 amide bonds. The average molecular weight is 398 g/mol. The molecule has 154 valence electrons. The average Bonchev–Trinajstić information content (AvgIpc) is 2.43. The van der Waals surface area contributed by atoms with Crippen molar-refractivity contribution in [1.82, 2.24) is 0 Å². The molecular formula is C14H20F6O6. The molecule has 0 heterocycles. The van der Waals surface area contributed by atoms with Gasteiger partial charge in [-0.15, -0.1) is 0 Å². The number of carbonyl (C=O) groups is 2. The lowest BCUT2D eigenvalue weighted by Crippen LogP contribution is -2.43. The number of halogens is 6. The normalized spacial score (nSPS) is 18.4. The van der Waals surface area contributed by atoms with E-state index in [-0.39, 0.29) is 0 Å². The van der Waals surface area contributed by atoms with Crippen LogP contribution in [0.3, 0.4) is 0 Å². The molecule has 0 saturated carbocycles. The van der Waals surface area contributed by atoms with E-state index in [9.17, 15) is 35.9 Å². The SMILES string of the molecule is CC(C(=O)OCCC(C)(O)C(F)(F)F)C(=O)OCCC(C)(O)C(F)(F)F. The van der Waals surface area contributed by atoms with Crippen LogP contribution in [-0.2, 0) is 19.1 Å². The van der Waals surface area contributed by atoms with Gasteiger partial charge in [-0.25, -0.2) is 0 Å². The minimum Gasteiger partial charge on any atom is -0.465 e. The van der Waals surface area contributed by atoms with Crippen molar-refractivity contribution in [3.8, 4) is 0 Å². The molecule has 2 unspecified atom stereocenters. The van der Waals surface area contributed by atoms with Gasteiger partial charge in [-0.1, -0.05) is 0 Å². The highest BCUT2D eigenvalue weighted by Crippen LogP contribution is 2.33. The van der Waals surface area contributed by atoms with Crippen molar-refractivity contribution >= 4 is 11.9 Å². The highest BCUT2D eigenvalue weighted by atomic mass is 19.4. The van der Waals surface area contributed by atoms with Crippen LogP contribution in [0.15, 0.2) is 0 Å². The minimum atomic E-state index is -4.95. The molecule has 26 heavy (non-hydrogen) atoms. The summed E-state index contributed by atoms with van der Waals surface area (Å²) in [6.45, 7) is 0.252. The summed E-state index contributed by atoms with van der Waals surface area (Å²) >= 11 is 0. The van der Waals surface area contributed by atoms with E-state index in [1.54, 1.807) is 0 Å². The first-order chi connectivity index (χ1) is 11.4. The van der Waals surface area contributed by atoms with Gasteiger partial charge < -0.3 is 19.7 Å². The van der Waals surface area contributed by atoms with Crippen molar-refractivity contribution in [1.29, 1.82) is 0 Å². The molecule has 0 radical (unpaired) electrons. The van der Waals surface area contributed by atoms with Gasteiger partial charge in [0.1, 0.15) is 0 Å². The molecule has 2 N–H and O–H groups in total. The Morgan fingerprint density at radius 3 is 1.31 bits per heavy atom. The number of esters is 2. The largest absolute Gasteiger partial charge is 0.465 e. The molecule has 2 atom stereocenters. The molecule has 0 aliphatic rings. The Kier molecular flexibility index (Phi) is 7.92. The second kappa shape index (κ2) is 8.42. The molecule has 0 aromatic heterocycles. The van der Waals surface area contributed by atoms with E-state index >= 15 is 0 Å². The van der Waals surface area contributed by atoms with Gasteiger partial charge in [0.15, 0.2) is 17.1 Å². The fraction of sp³-hybridized carbons (Fsp3) is 0.857. The van der Waals surface area contributed by atoms with E-state index < -0.39 is 67.5 Å². The summed E-state index contributed by atoms with van der Waals surface area (Å²) in [7, 11) is 0. The molecule has 0 aliphatic heterocycles. The molecule has 0 fully saturated rings. The van der Waals surface area contributed by atoms with Gasteiger partial charge in [-0.05, 0) is 20.8 Å². The van der Waals surface area contributed by atoms with E-state index in [4.69, 9.17) is 10.2 Å². The molecule has 0 saturated heterocycles. The Balaban J connectivity index is 4.39. The van der Waals surface area contributed by atoms with Crippen molar-refractivity contribution in [3.05, 3.63) is 0 Å². The number of carbonyl (C=O) groups excluding carboxylic acids is 2. The number of aliphatic hydroxyl groups is 2. The third-order valence-corrected chi connectivity index (χ3v) is 3.59. The third-order valence-electron chi connectivity index (χ3n) is 3.59. The number of ether oxygens (including phenoxy) is 2. The predicted octanol–water partition coefficient (Wildman–Crippen LogP) is 2.12. The van der Waals surface area contributed by atoms with Crippen molar-refractivity contribution in [2.24, 2.45) is 5.92 Å². The first-order valence-electron chi connectivity index (χ1n) is 7.34. The maximum atomic E-state index is 12.4. The summed E-state index contributed by atoms with van der Waals surface area (Å²) in [6.07, 6.45) is -11.8. The number of hydrogen-bond donors (Lipinski definition) is 2. The summed E-state index contributed by atoms with van der Waals surface area (Å²) in [6, 6.07) is 0. The van der Waals surface area contributed by atoms with Crippen LogP contribution in [0, 0.1) is 5.92 Å².